The lowest BCUT2D eigenvalue weighted by Gasteiger charge is -2.22. The molecule has 0 spiro atoms. The Morgan fingerprint density at radius 3 is 2.89 bits per heavy atom. The molecule has 0 aromatic carbocycles. The lowest BCUT2D eigenvalue weighted by Crippen LogP contribution is -2.37. The van der Waals surface area contributed by atoms with Crippen molar-refractivity contribution in [2.45, 2.75) is 38.8 Å². The number of hydrogen-bond acceptors (Lipinski definition) is 5. The fraction of sp³-hybridized carbons (Fsp3) is 0.769. The molecule has 2 heterocycles. The third-order valence-corrected chi connectivity index (χ3v) is 4.17. The summed E-state index contributed by atoms with van der Waals surface area (Å²) in [6, 6.07) is 0. The molecule has 0 amide bonds. The fourth-order valence-electron chi connectivity index (χ4n) is 1.75. The summed E-state index contributed by atoms with van der Waals surface area (Å²) in [6.45, 7) is 10.4. The molecule has 0 bridgehead atoms. The standard InChI is InChI=1S/C13H22N2O2S/c1-13(2,3)12-15-8-11(18-12)7-14-6-10-9-16-4-5-17-10/h8,10,14H,4-7,9H2,1-3H3. The van der Waals surface area contributed by atoms with E-state index in [-0.39, 0.29) is 11.5 Å². The van der Waals surface area contributed by atoms with Gasteiger partial charge < -0.3 is 14.8 Å². The Kier molecular flexibility index (Phi) is 4.72. The molecule has 1 unspecified atom stereocenters. The summed E-state index contributed by atoms with van der Waals surface area (Å²) in [7, 11) is 0. The Labute approximate surface area is 113 Å². The summed E-state index contributed by atoms with van der Waals surface area (Å²) in [6.07, 6.45) is 2.16. The summed E-state index contributed by atoms with van der Waals surface area (Å²) in [5.41, 5.74) is 0.142. The van der Waals surface area contributed by atoms with Crippen molar-refractivity contribution >= 4 is 11.3 Å². The summed E-state index contributed by atoms with van der Waals surface area (Å²) in [5.74, 6) is 0. The molecule has 5 heteroatoms. The second-order valence-corrected chi connectivity index (χ2v) is 6.70. The number of ether oxygens (including phenoxy) is 2. The third-order valence-electron chi connectivity index (χ3n) is 2.75. The molecule has 1 aromatic heterocycles. The maximum Gasteiger partial charge on any atom is 0.0981 e. The van der Waals surface area contributed by atoms with E-state index in [1.165, 1.54) is 9.88 Å². The molecule has 0 saturated carbocycles. The Morgan fingerprint density at radius 2 is 2.28 bits per heavy atom. The van der Waals surface area contributed by atoms with Gasteiger partial charge in [0.1, 0.15) is 0 Å². The minimum atomic E-state index is 0.142. The lowest BCUT2D eigenvalue weighted by molar-refractivity contribution is -0.0864. The van der Waals surface area contributed by atoms with Gasteiger partial charge >= 0.3 is 0 Å². The topological polar surface area (TPSA) is 43.4 Å². The van der Waals surface area contributed by atoms with Crippen molar-refractivity contribution in [3.63, 3.8) is 0 Å². The Morgan fingerprint density at radius 1 is 1.44 bits per heavy atom. The number of aromatic nitrogens is 1. The second kappa shape index (κ2) is 6.10. The van der Waals surface area contributed by atoms with Gasteiger partial charge in [0.15, 0.2) is 0 Å². The van der Waals surface area contributed by atoms with Gasteiger partial charge in [-0.2, -0.15) is 0 Å². The van der Waals surface area contributed by atoms with E-state index < -0.39 is 0 Å². The van der Waals surface area contributed by atoms with Crippen LogP contribution in [0.5, 0.6) is 0 Å². The van der Waals surface area contributed by atoms with Gasteiger partial charge in [-0.15, -0.1) is 11.3 Å². The van der Waals surface area contributed by atoms with Gasteiger partial charge in [0, 0.05) is 29.6 Å². The highest BCUT2D eigenvalue weighted by molar-refractivity contribution is 7.11. The van der Waals surface area contributed by atoms with E-state index >= 15 is 0 Å². The molecule has 18 heavy (non-hydrogen) atoms. The highest BCUT2D eigenvalue weighted by Gasteiger charge is 2.18. The van der Waals surface area contributed by atoms with Crippen molar-refractivity contribution in [2.75, 3.05) is 26.4 Å². The zero-order valence-corrected chi connectivity index (χ0v) is 12.2. The Hall–Kier alpha value is -0.490. The van der Waals surface area contributed by atoms with Gasteiger partial charge in [0.05, 0.1) is 30.9 Å². The molecule has 2 rings (SSSR count). The smallest absolute Gasteiger partial charge is 0.0981 e. The summed E-state index contributed by atoms with van der Waals surface area (Å²) >= 11 is 1.78. The lowest BCUT2D eigenvalue weighted by atomic mass is 9.98. The fourth-order valence-corrected chi connectivity index (χ4v) is 2.69. The van der Waals surface area contributed by atoms with E-state index in [0.717, 1.165) is 19.7 Å². The van der Waals surface area contributed by atoms with Gasteiger partial charge in [-0.05, 0) is 0 Å². The number of nitrogens with zero attached hydrogens (tertiary/aromatic N) is 1. The molecule has 1 saturated heterocycles. The average Bonchev–Trinajstić information content (AvgIpc) is 2.79. The predicted octanol–water partition coefficient (Wildman–Crippen LogP) is 1.95. The highest BCUT2D eigenvalue weighted by atomic mass is 32.1. The summed E-state index contributed by atoms with van der Waals surface area (Å²) < 4.78 is 10.9. The van der Waals surface area contributed by atoms with Crippen molar-refractivity contribution < 1.29 is 9.47 Å². The zero-order chi connectivity index (χ0) is 13.0. The molecular formula is C13H22N2O2S. The van der Waals surface area contributed by atoms with Crippen molar-refractivity contribution in [3.8, 4) is 0 Å². The molecule has 1 atom stereocenters. The van der Waals surface area contributed by atoms with Crippen LogP contribution in [-0.4, -0.2) is 37.5 Å². The Bertz CT molecular complexity index is 367. The van der Waals surface area contributed by atoms with Crippen LogP contribution in [0.2, 0.25) is 0 Å². The van der Waals surface area contributed by atoms with Gasteiger partial charge in [0.25, 0.3) is 0 Å². The normalized spacial score (nSPS) is 21.2. The molecule has 1 fully saturated rings. The van der Waals surface area contributed by atoms with Gasteiger partial charge in [-0.25, -0.2) is 4.98 Å². The zero-order valence-electron chi connectivity index (χ0n) is 11.4. The van der Waals surface area contributed by atoms with Gasteiger partial charge in [0.2, 0.25) is 0 Å². The largest absolute Gasteiger partial charge is 0.376 e. The van der Waals surface area contributed by atoms with Crippen LogP contribution < -0.4 is 5.32 Å². The molecule has 0 aliphatic carbocycles. The van der Waals surface area contributed by atoms with E-state index in [2.05, 4.69) is 31.1 Å². The molecule has 0 radical (unpaired) electrons. The predicted molar refractivity (Wildman–Crippen MR) is 73.1 cm³/mol. The van der Waals surface area contributed by atoms with Crippen LogP contribution in [0.1, 0.15) is 30.7 Å². The quantitative estimate of drug-likeness (QED) is 0.908. The highest BCUT2D eigenvalue weighted by Crippen LogP contribution is 2.26. The second-order valence-electron chi connectivity index (χ2n) is 5.58. The van der Waals surface area contributed by atoms with Crippen molar-refractivity contribution in [1.82, 2.24) is 10.3 Å². The first-order chi connectivity index (χ1) is 8.55. The number of nitrogens with one attached hydrogen (secondary N) is 1. The van der Waals surface area contributed by atoms with Crippen LogP contribution in [0, 0.1) is 0 Å². The van der Waals surface area contributed by atoms with Crippen LogP contribution in [0.25, 0.3) is 0 Å². The van der Waals surface area contributed by atoms with Gasteiger partial charge in [-0.3, -0.25) is 0 Å². The van der Waals surface area contributed by atoms with Crippen LogP contribution >= 0.6 is 11.3 Å². The Balaban J connectivity index is 1.74. The monoisotopic (exact) mass is 270 g/mol. The number of rotatable bonds is 4. The van der Waals surface area contributed by atoms with E-state index in [1.807, 2.05) is 6.20 Å². The average molecular weight is 270 g/mol. The molecule has 4 nitrogen and oxygen atoms in total. The van der Waals surface area contributed by atoms with Crippen LogP contribution in [-0.2, 0) is 21.4 Å². The minimum absolute atomic E-state index is 0.142. The molecule has 1 aliphatic heterocycles. The number of hydrogen-bond donors (Lipinski definition) is 1. The molecular weight excluding hydrogens is 248 g/mol. The minimum Gasteiger partial charge on any atom is -0.376 e. The first-order valence-electron chi connectivity index (χ1n) is 6.41. The van der Waals surface area contributed by atoms with E-state index in [9.17, 15) is 0 Å². The maximum absolute atomic E-state index is 5.58. The van der Waals surface area contributed by atoms with E-state index in [0.29, 0.717) is 13.2 Å². The van der Waals surface area contributed by atoms with Crippen LogP contribution in [0.3, 0.4) is 0 Å². The van der Waals surface area contributed by atoms with Crippen molar-refractivity contribution in [2.24, 2.45) is 0 Å². The number of thiazole rings is 1. The summed E-state index contributed by atoms with van der Waals surface area (Å²) in [5, 5.41) is 4.59. The van der Waals surface area contributed by atoms with Gasteiger partial charge in [-0.1, -0.05) is 20.8 Å². The van der Waals surface area contributed by atoms with Crippen molar-refractivity contribution in [1.29, 1.82) is 0 Å². The van der Waals surface area contributed by atoms with E-state index in [4.69, 9.17) is 9.47 Å². The molecule has 1 aromatic rings. The maximum atomic E-state index is 5.58. The van der Waals surface area contributed by atoms with E-state index in [1.54, 1.807) is 11.3 Å². The first kappa shape index (κ1) is 13.9. The molecule has 102 valence electrons. The van der Waals surface area contributed by atoms with Crippen LogP contribution in [0.15, 0.2) is 6.20 Å². The third kappa shape index (κ3) is 4.02. The SMILES string of the molecule is CC(C)(C)c1ncc(CNCC2COCCO2)s1. The van der Waals surface area contributed by atoms with Crippen LogP contribution in [0.4, 0.5) is 0 Å². The van der Waals surface area contributed by atoms with Crippen molar-refractivity contribution in [3.05, 3.63) is 16.1 Å². The summed E-state index contributed by atoms with van der Waals surface area (Å²) in [4.78, 5) is 5.75. The first-order valence-corrected chi connectivity index (χ1v) is 7.22. The molecule has 1 N–H and O–H groups in total. The molecule has 1 aliphatic rings.